The van der Waals surface area contributed by atoms with Crippen LogP contribution in [0.4, 0.5) is 5.69 Å². The number of hydrogen-bond donors (Lipinski definition) is 0. The average Bonchev–Trinajstić information content (AvgIpc) is 2.81. The van der Waals surface area contributed by atoms with Crippen LogP contribution in [0.2, 0.25) is 0 Å². The Balaban J connectivity index is 1.77. The molecule has 6 heteroatoms. The molecule has 1 heterocycles. The van der Waals surface area contributed by atoms with Gasteiger partial charge in [0.25, 0.3) is 11.8 Å². The highest BCUT2D eigenvalue weighted by Crippen LogP contribution is 2.27. The second-order valence-electron chi connectivity index (χ2n) is 6.97. The van der Waals surface area contributed by atoms with Crippen LogP contribution < -0.4 is 9.64 Å². The minimum absolute atomic E-state index is 0.0542. The van der Waals surface area contributed by atoms with Gasteiger partial charge < -0.3 is 4.74 Å². The van der Waals surface area contributed by atoms with Crippen molar-refractivity contribution in [2.24, 2.45) is 0 Å². The van der Waals surface area contributed by atoms with E-state index in [0.717, 1.165) is 11.1 Å². The Morgan fingerprint density at radius 2 is 1.45 bits per heavy atom. The van der Waals surface area contributed by atoms with Gasteiger partial charge in [-0.15, -0.1) is 0 Å². The maximum absolute atomic E-state index is 13.4. The molecule has 1 aliphatic heterocycles. The van der Waals surface area contributed by atoms with E-state index in [0.29, 0.717) is 11.4 Å². The Morgan fingerprint density at radius 1 is 0.839 bits per heavy atom. The number of carbonyl (C=O) groups is 2. The number of nitrogens with zero attached hydrogens (tertiary/aromatic N) is 2. The number of hydrogen-bond acceptors (Lipinski definition) is 4. The lowest BCUT2D eigenvalue weighted by molar-refractivity contribution is -0.128. The predicted molar refractivity (Wildman–Crippen MR) is 124 cm³/mol. The van der Waals surface area contributed by atoms with E-state index in [2.05, 4.69) is 0 Å². The SMILES string of the molecule is COc1ccc(C=C2C(=O)N(Cc3ccccc3)C(=S)N(c3ccccc3)C2=O)cc1. The monoisotopic (exact) mass is 428 g/mol. The molecule has 0 radical (unpaired) electrons. The number of carbonyl (C=O) groups excluding carboxylic acids is 2. The quantitative estimate of drug-likeness (QED) is 0.343. The molecule has 1 fully saturated rings. The van der Waals surface area contributed by atoms with Gasteiger partial charge in [0.05, 0.1) is 19.3 Å². The predicted octanol–water partition coefficient (Wildman–Crippen LogP) is 4.44. The van der Waals surface area contributed by atoms with Crippen molar-refractivity contribution in [1.29, 1.82) is 0 Å². The lowest BCUT2D eigenvalue weighted by Gasteiger charge is -2.36. The first kappa shape index (κ1) is 20.5. The summed E-state index contributed by atoms with van der Waals surface area (Å²) >= 11 is 5.60. The van der Waals surface area contributed by atoms with Gasteiger partial charge in [0.15, 0.2) is 5.11 Å². The number of amides is 2. The Labute approximate surface area is 186 Å². The van der Waals surface area contributed by atoms with E-state index >= 15 is 0 Å². The third kappa shape index (κ3) is 4.25. The van der Waals surface area contributed by atoms with Crippen LogP contribution in [-0.4, -0.2) is 28.9 Å². The maximum atomic E-state index is 13.4. The van der Waals surface area contributed by atoms with Gasteiger partial charge in [-0.25, -0.2) is 0 Å². The van der Waals surface area contributed by atoms with Crippen LogP contribution in [0.3, 0.4) is 0 Å². The van der Waals surface area contributed by atoms with Gasteiger partial charge in [-0.1, -0.05) is 60.7 Å². The van der Waals surface area contributed by atoms with Gasteiger partial charge in [0.1, 0.15) is 11.3 Å². The molecule has 2 amide bonds. The van der Waals surface area contributed by atoms with Gasteiger partial charge in [0, 0.05) is 0 Å². The lowest BCUT2D eigenvalue weighted by Crippen LogP contribution is -2.56. The molecular weight excluding hydrogens is 408 g/mol. The Kier molecular flexibility index (Phi) is 5.91. The first-order valence-electron chi connectivity index (χ1n) is 9.73. The first-order chi connectivity index (χ1) is 15.1. The number of thiocarbonyl (C=S) groups is 1. The van der Waals surface area contributed by atoms with E-state index in [1.807, 2.05) is 48.5 Å². The van der Waals surface area contributed by atoms with E-state index in [-0.39, 0.29) is 17.2 Å². The first-order valence-corrected chi connectivity index (χ1v) is 10.1. The highest BCUT2D eigenvalue weighted by Gasteiger charge is 2.40. The molecule has 4 rings (SSSR count). The third-order valence-electron chi connectivity index (χ3n) is 4.96. The van der Waals surface area contributed by atoms with Gasteiger partial charge in [-0.2, -0.15) is 0 Å². The zero-order valence-electron chi connectivity index (χ0n) is 16.9. The fourth-order valence-corrected chi connectivity index (χ4v) is 3.69. The van der Waals surface area contributed by atoms with E-state index in [1.165, 1.54) is 9.80 Å². The molecule has 1 aliphatic rings. The third-order valence-corrected chi connectivity index (χ3v) is 5.36. The van der Waals surface area contributed by atoms with E-state index in [9.17, 15) is 9.59 Å². The smallest absolute Gasteiger partial charge is 0.270 e. The number of methoxy groups -OCH3 is 1. The van der Waals surface area contributed by atoms with Crippen molar-refractivity contribution in [3.8, 4) is 5.75 Å². The number of anilines is 1. The van der Waals surface area contributed by atoms with Crippen molar-refractivity contribution >= 4 is 40.9 Å². The summed E-state index contributed by atoms with van der Waals surface area (Å²) in [6.07, 6.45) is 1.60. The summed E-state index contributed by atoms with van der Waals surface area (Å²) in [4.78, 5) is 29.6. The molecule has 0 aliphatic carbocycles. The highest BCUT2D eigenvalue weighted by atomic mass is 32.1. The highest BCUT2D eigenvalue weighted by molar-refractivity contribution is 7.80. The zero-order valence-corrected chi connectivity index (χ0v) is 17.7. The van der Waals surface area contributed by atoms with Crippen molar-refractivity contribution in [3.63, 3.8) is 0 Å². The second kappa shape index (κ2) is 8.93. The molecule has 31 heavy (non-hydrogen) atoms. The maximum Gasteiger partial charge on any atom is 0.270 e. The molecule has 0 spiro atoms. The number of ether oxygens (including phenoxy) is 1. The van der Waals surface area contributed by atoms with Crippen LogP contribution in [0.15, 0.2) is 90.5 Å². The van der Waals surface area contributed by atoms with Crippen molar-refractivity contribution in [2.45, 2.75) is 6.54 Å². The second-order valence-corrected chi connectivity index (χ2v) is 7.33. The molecule has 1 saturated heterocycles. The number of rotatable bonds is 5. The minimum Gasteiger partial charge on any atom is -0.497 e. The van der Waals surface area contributed by atoms with Crippen molar-refractivity contribution in [2.75, 3.05) is 12.0 Å². The van der Waals surface area contributed by atoms with Crippen LogP contribution >= 0.6 is 12.2 Å². The fraction of sp³-hybridized carbons (Fsp3) is 0.0800. The summed E-state index contributed by atoms with van der Waals surface area (Å²) in [6.45, 7) is 0.273. The lowest BCUT2D eigenvalue weighted by atomic mass is 10.0. The molecule has 0 saturated carbocycles. The number of benzene rings is 3. The van der Waals surface area contributed by atoms with Crippen LogP contribution in [0, 0.1) is 0 Å². The van der Waals surface area contributed by atoms with Crippen molar-refractivity contribution in [3.05, 3.63) is 102 Å². The topological polar surface area (TPSA) is 49.9 Å². The van der Waals surface area contributed by atoms with E-state index in [1.54, 1.807) is 49.6 Å². The standard InChI is InChI=1S/C25H20N2O3S/c1-30-21-14-12-18(13-15-21)16-22-23(28)26(17-19-8-4-2-5-9-19)25(31)27(24(22)29)20-10-6-3-7-11-20/h2-16H,17H2,1H3. The summed E-state index contributed by atoms with van der Waals surface area (Å²) < 4.78 is 5.19. The molecule has 0 bridgehead atoms. The number of para-hydroxylation sites is 1. The molecular formula is C25H20N2O3S. The molecule has 0 unspecified atom stereocenters. The van der Waals surface area contributed by atoms with Gasteiger partial charge in [-0.05, 0) is 53.7 Å². The Bertz CT molecular complexity index is 1140. The summed E-state index contributed by atoms with van der Waals surface area (Å²) in [7, 11) is 1.59. The van der Waals surface area contributed by atoms with Crippen LogP contribution in [-0.2, 0) is 16.1 Å². The van der Waals surface area contributed by atoms with Crippen molar-refractivity contribution < 1.29 is 14.3 Å². The van der Waals surface area contributed by atoms with Crippen molar-refractivity contribution in [1.82, 2.24) is 4.90 Å². The van der Waals surface area contributed by atoms with Crippen LogP contribution in [0.1, 0.15) is 11.1 Å². The molecule has 154 valence electrons. The zero-order chi connectivity index (χ0) is 21.8. The molecule has 0 aromatic heterocycles. The Morgan fingerprint density at radius 3 is 2.06 bits per heavy atom. The van der Waals surface area contributed by atoms with Gasteiger partial charge in [0.2, 0.25) is 0 Å². The summed E-state index contributed by atoms with van der Waals surface area (Å²) in [6, 6.07) is 25.8. The molecule has 5 nitrogen and oxygen atoms in total. The molecule has 3 aromatic carbocycles. The van der Waals surface area contributed by atoms with E-state index < -0.39 is 11.8 Å². The normalized spacial score (nSPS) is 15.5. The molecule has 3 aromatic rings. The van der Waals surface area contributed by atoms with Gasteiger partial charge >= 0.3 is 0 Å². The Hall–Kier alpha value is -3.77. The minimum atomic E-state index is -0.443. The molecule has 0 N–H and O–H groups in total. The fourth-order valence-electron chi connectivity index (χ4n) is 3.35. The summed E-state index contributed by atoms with van der Waals surface area (Å²) in [5.74, 6) is -0.163. The van der Waals surface area contributed by atoms with Gasteiger partial charge in [-0.3, -0.25) is 19.4 Å². The summed E-state index contributed by atoms with van der Waals surface area (Å²) in [5.41, 5.74) is 2.31. The van der Waals surface area contributed by atoms with Crippen LogP contribution in [0.25, 0.3) is 6.08 Å². The molecule has 0 atom stereocenters. The average molecular weight is 429 g/mol. The van der Waals surface area contributed by atoms with E-state index in [4.69, 9.17) is 17.0 Å². The largest absolute Gasteiger partial charge is 0.497 e. The summed E-state index contributed by atoms with van der Waals surface area (Å²) in [5, 5.41) is 0.164. The van der Waals surface area contributed by atoms with Crippen LogP contribution in [0.5, 0.6) is 5.75 Å².